The van der Waals surface area contributed by atoms with Gasteiger partial charge in [-0.1, -0.05) is 18.5 Å². The molecule has 2 aliphatic rings. The lowest BCUT2D eigenvalue weighted by atomic mass is 9.75. The number of piperidine rings is 1. The minimum Gasteiger partial charge on any atom is -0.346 e. The highest BCUT2D eigenvalue weighted by Crippen LogP contribution is 2.36. The normalized spacial score (nSPS) is 21.6. The van der Waals surface area contributed by atoms with E-state index in [-0.39, 0.29) is 17.1 Å². The van der Waals surface area contributed by atoms with Crippen molar-refractivity contribution in [3.63, 3.8) is 0 Å². The summed E-state index contributed by atoms with van der Waals surface area (Å²) in [6, 6.07) is 0.313. The fourth-order valence-corrected chi connectivity index (χ4v) is 2.96. The first-order valence-corrected chi connectivity index (χ1v) is 7.59. The van der Waals surface area contributed by atoms with Gasteiger partial charge in [-0.3, -0.25) is 4.79 Å². The summed E-state index contributed by atoms with van der Waals surface area (Å²) >= 11 is 0. The zero-order chi connectivity index (χ0) is 14.0. The van der Waals surface area contributed by atoms with Gasteiger partial charge in [0.15, 0.2) is 0 Å². The van der Waals surface area contributed by atoms with Crippen LogP contribution in [-0.2, 0) is 5.41 Å². The number of rotatable bonds is 5. The van der Waals surface area contributed by atoms with Crippen LogP contribution in [0.1, 0.15) is 62.0 Å². The monoisotopic (exact) mass is 278 g/mol. The van der Waals surface area contributed by atoms with Crippen molar-refractivity contribution in [3.05, 3.63) is 11.7 Å². The van der Waals surface area contributed by atoms with E-state index in [1.165, 1.54) is 0 Å². The van der Waals surface area contributed by atoms with Gasteiger partial charge < -0.3 is 15.2 Å². The van der Waals surface area contributed by atoms with E-state index in [9.17, 15) is 4.79 Å². The van der Waals surface area contributed by atoms with E-state index in [0.717, 1.165) is 51.6 Å². The number of nitrogens with one attached hydrogen (secondary N) is 2. The van der Waals surface area contributed by atoms with Gasteiger partial charge in [0.2, 0.25) is 5.89 Å². The van der Waals surface area contributed by atoms with E-state index < -0.39 is 0 Å². The van der Waals surface area contributed by atoms with Crippen molar-refractivity contribution < 1.29 is 9.32 Å². The highest BCUT2D eigenvalue weighted by atomic mass is 16.5. The Morgan fingerprint density at radius 1 is 1.45 bits per heavy atom. The van der Waals surface area contributed by atoms with Gasteiger partial charge in [0.1, 0.15) is 0 Å². The maximum atomic E-state index is 11.9. The van der Waals surface area contributed by atoms with Crippen molar-refractivity contribution in [1.29, 1.82) is 0 Å². The number of amides is 1. The lowest BCUT2D eigenvalue weighted by Crippen LogP contribution is -2.40. The van der Waals surface area contributed by atoms with Crippen molar-refractivity contribution in [1.82, 2.24) is 20.8 Å². The van der Waals surface area contributed by atoms with E-state index in [2.05, 4.69) is 27.7 Å². The van der Waals surface area contributed by atoms with Crippen LogP contribution in [0.5, 0.6) is 0 Å². The molecule has 3 rings (SSSR count). The summed E-state index contributed by atoms with van der Waals surface area (Å²) in [6.07, 6.45) is 6.20. The first-order chi connectivity index (χ1) is 9.73. The molecule has 110 valence electrons. The Morgan fingerprint density at radius 3 is 2.85 bits per heavy atom. The predicted octanol–water partition coefficient (Wildman–Crippen LogP) is 1.38. The maximum Gasteiger partial charge on any atom is 0.292 e. The largest absolute Gasteiger partial charge is 0.346 e. The molecular weight excluding hydrogens is 256 g/mol. The van der Waals surface area contributed by atoms with Gasteiger partial charge >= 0.3 is 0 Å². The minimum absolute atomic E-state index is 0.0505. The van der Waals surface area contributed by atoms with Gasteiger partial charge in [-0.05, 0) is 45.2 Å². The molecule has 1 amide bonds. The quantitative estimate of drug-likeness (QED) is 0.850. The lowest BCUT2D eigenvalue weighted by Gasteiger charge is -2.34. The van der Waals surface area contributed by atoms with Crippen molar-refractivity contribution in [2.45, 2.75) is 56.9 Å². The molecule has 6 heteroatoms. The number of hydrogen-bond acceptors (Lipinski definition) is 5. The summed E-state index contributed by atoms with van der Waals surface area (Å²) in [5.74, 6) is 0.616. The SMILES string of the molecule is CCCC1(c2nc(C(=O)NC3CC3)no2)CCNCC1. The van der Waals surface area contributed by atoms with Crippen LogP contribution in [0.15, 0.2) is 4.52 Å². The van der Waals surface area contributed by atoms with Crippen LogP contribution < -0.4 is 10.6 Å². The third-order valence-corrected chi connectivity index (χ3v) is 4.28. The van der Waals surface area contributed by atoms with E-state index in [1.807, 2.05) is 0 Å². The van der Waals surface area contributed by atoms with Crippen LogP contribution in [-0.4, -0.2) is 35.2 Å². The molecular formula is C14H22N4O2. The summed E-state index contributed by atoms with van der Waals surface area (Å²) < 4.78 is 5.43. The minimum atomic E-state index is -0.205. The Hall–Kier alpha value is -1.43. The second kappa shape index (κ2) is 5.52. The van der Waals surface area contributed by atoms with Crippen LogP contribution in [0.4, 0.5) is 0 Å². The van der Waals surface area contributed by atoms with Crippen molar-refractivity contribution >= 4 is 5.91 Å². The Labute approximate surface area is 118 Å². The van der Waals surface area contributed by atoms with Gasteiger partial charge in [0.05, 0.1) is 5.41 Å². The Morgan fingerprint density at radius 2 is 2.20 bits per heavy atom. The Kier molecular flexibility index (Phi) is 3.74. The highest BCUT2D eigenvalue weighted by molar-refractivity contribution is 5.90. The molecule has 2 fully saturated rings. The van der Waals surface area contributed by atoms with Gasteiger partial charge in [0, 0.05) is 6.04 Å². The molecule has 1 saturated heterocycles. The molecule has 0 aromatic carbocycles. The second-order valence-corrected chi connectivity index (χ2v) is 5.95. The molecule has 1 saturated carbocycles. The topological polar surface area (TPSA) is 80.1 Å². The van der Waals surface area contributed by atoms with Crippen LogP contribution in [0.3, 0.4) is 0 Å². The summed E-state index contributed by atoms with van der Waals surface area (Å²) in [7, 11) is 0. The molecule has 2 heterocycles. The average molecular weight is 278 g/mol. The smallest absolute Gasteiger partial charge is 0.292 e. The zero-order valence-electron chi connectivity index (χ0n) is 11.9. The first-order valence-electron chi connectivity index (χ1n) is 7.59. The number of nitrogens with zero attached hydrogens (tertiary/aromatic N) is 2. The van der Waals surface area contributed by atoms with Crippen molar-refractivity contribution in [2.24, 2.45) is 0 Å². The highest BCUT2D eigenvalue weighted by Gasteiger charge is 2.39. The maximum absolute atomic E-state index is 11.9. The van der Waals surface area contributed by atoms with Crippen LogP contribution in [0.2, 0.25) is 0 Å². The van der Waals surface area contributed by atoms with Gasteiger partial charge in [-0.25, -0.2) is 0 Å². The molecule has 0 spiro atoms. The molecule has 1 aromatic heterocycles. The van der Waals surface area contributed by atoms with E-state index >= 15 is 0 Å². The first kappa shape index (κ1) is 13.5. The Balaban J connectivity index is 1.77. The molecule has 1 aliphatic carbocycles. The number of aromatic nitrogens is 2. The second-order valence-electron chi connectivity index (χ2n) is 5.95. The summed E-state index contributed by atoms with van der Waals surface area (Å²) in [5, 5.41) is 10.1. The summed E-state index contributed by atoms with van der Waals surface area (Å²) in [5.41, 5.74) is -0.0505. The molecule has 1 aliphatic heterocycles. The molecule has 20 heavy (non-hydrogen) atoms. The zero-order valence-corrected chi connectivity index (χ0v) is 11.9. The van der Waals surface area contributed by atoms with Crippen molar-refractivity contribution in [3.8, 4) is 0 Å². The van der Waals surface area contributed by atoms with Crippen LogP contribution >= 0.6 is 0 Å². The van der Waals surface area contributed by atoms with E-state index in [4.69, 9.17) is 4.52 Å². The van der Waals surface area contributed by atoms with Crippen LogP contribution in [0, 0.1) is 0 Å². The molecule has 0 atom stereocenters. The molecule has 1 aromatic rings. The van der Waals surface area contributed by atoms with Crippen LogP contribution in [0.25, 0.3) is 0 Å². The fraction of sp³-hybridized carbons (Fsp3) is 0.786. The number of carbonyl (C=O) groups excluding carboxylic acids is 1. The standard InChI is InChI=1S/C14H22N4O2/c1-2-5-14(6-8-15-9-7-14)13-17-11(18-20-13)12(19)16-10-3-4-10/h10,15H,2-9H2,1H3,(H,16,19). The van der Waals surface area contributed by atoms with Gasteiger partial charge in [0.25, 0.3) is 11.7 Å². The Bertz CT molecular complexity index is 470. The third kappa shape index (κ3) is 2.70. The third-order valence-electron chi connectivity index (χ3n) is 4.28. The summed E-state index contributed by atoms with van der Waals surface area (Å²) in [4.78, 5) is 16.3. The van der Waals surface area contributed by atoms with E-state index in [1.54, 1.807) is 0 Å². The van der Waals surface area contributed by atoms with Crippen molar-refractivity contribution in [2.75, 3.05) is 13.1 Å². The number of hydrogen-bond donors (Lipinski definition) is 2. The molecule has 2 N–H and O–H groups in total. The predicted molar refractivity (Wildman–Crippen MR) is 73.5 cm³/mol. The molecule has 6 nitrogen and oxygen atoms in total. The lowest BCUT2D eigenvalue weighted by molar-refractivity contribution is 0.0937. The van der Waals surface area contributed by atoms with Gasteiger partial charge in [-0.2, -0.15) is 4.98 Å². The average Bonchev–Trinajstić information content (AvgIpc) is 3.12. The van der Waals surface area contributed by atoms with Gasteiger partial charge in [-0.15, -0.1) is 0 Å². The molecule has 0 radical (unpaired) electrons. The molecule has 0 unspecified atom stereocenters. The fourth-order valence-electron chi connectivity index (χ4n) is 2.96. The molecule has 0 bridgehead atoms. The number of carbonyl (C=O) groups is 1. The van der Waals surface area contributed by atoms with E-state index in [0.29, 0.717) is 11.9 Å². The summed E-state index contributed by atoms with van der Waals surface area (Å²) in [6.45, 7) is 4.10.